The topological polar surface area (TPSA) is 49.9 Å². The van der Waals surface area contributed by atoms with Gasteiger partial charge in [0.2, 0.25) is 6.17 Å². The fourth-order valence-electron chi connectivity index (χ4n) is 0.309. The van der Waals surface area contributed by atoms with Crippen LogP contribution in [0.2, 0.25) is 0 Å². The largest absolute Gasteiger partial charge is 0.420 e. The Morgan fingerprint density at radius 1 is 1.50 bits per heavy atom. The van der Waals surface area contributed by atoms with Crippen molar-refractivity contribution in [3.63, 3.8) is 0 Å². The molecule has 0 heterocycles. The van der Waals surface area contributed by atoms with E-state index in [9.17, 15) is 17.6 Å². The Kier molecular flexibility index (Phi) is 2.62. The Labute approximate surface area is 54.5 Å². The zero-order valence-corrected chi connectivity index (χ0v) is 4.87. The molecule has 0 bridgehead atoms. The van der Waals surface area contributed by atoms with E-state index in [2.05, 4.69) is 5.73 Å². The minimum absolute atomic E-state index is 0.801. The minimum atomic E-state index is -4.90. The van der Waals surface area contributed by atoms with Gasteiger partial charge in [-0.1, -0.05) is 0 Å². The van der Waals surface area contributed by atoms with E-state index in [1.165, 1.54) is 0 Å². The molecule has 6 heteroatoms. The van der Waals surface area contributed by atoms with Gasteiger partial charge in [0.25, 0.3) is 0 Å². The highest BCUT2D eigenvalue weighted by atomic mass is 19.4. The maximum absolute atomic E-state index is 11.8. The van der Waals surface area contributed by atoms with Crippen molar-refractivity contribution >= 4 is 5.84 Å². The van der Waals surface area contributed by atoms with E-state index >= 15 is 0 Å². The number of hydrogen-bond acceptors (Lipinski definition) is 1. The van der Waals surface area contributed by atoms with Gasteiger partial charge in [-0.15, -0.1) is 0 Å². The normalized spacial score (nSPS) is 14.8. The lowest BCUT2D eigenvalue weighted by Crippen LogP contribution is -2.29. The van der Waals surface area contributed by atoms with E-state index < -0.39 is 24.6 Å². The molecule has 0 fully saturated rings. The third-order valence-corrected chi connectivity index (χ3v) is 0.754. The molecule has 0 aliphatic heterocycles. The molecule has 0 amide bonds. The zero-order valence-electron chi connectivity index (χ0n) is 4.87. The Bertz CT molecular complexity index is 130. The van der Waals surface area contributed by atoms with Crippen molar-refractivity contribution in [1.29, 1.82) is 5.41 Å². The van der Waals surface area contributed by atoms with Gasteiger partial charge in [0.1, 0.15) is 0 Å². The molecule has 1 unspecified atom stereocenters. The lowest BCUT2D eigenvalue weighted by molar-refractivity contribution is -0.178. The predicted molar refractivity (Wildman–Crippen MR) is 27.5 cm³/mol. The van der Waals surface area contributed by atoms with Gasteiger partial charge in [-0.2, -0.15) is 13.2 Å². The summed E-state index contributed by atoms with van der Waals surface area (Å²) in [5, 5.41) is 6.34. The van der Waals surface area contributed by atoms with E-state index in [1.807, 2.05) is 0 Å². The number of hydrogen-bond donors (Lipinski definition) is 2. The van der Waals surface area contributed by atoms with Crippen LogP contribution < -0.4 is 5.73 Å². The van der Waals surface area contributed by atoms with Gasteiger partial charge in [-0.05, 0) is 0 Å². The molecule has 0 saturated heterocycles. The summed E-state index contributed by atoms with van der Waals surface area (Å²) in [5.41, 5.74) is 4.53. The lowest BCUT2D eigenvalue weighted by atomic mass is 10.2. The predicted octanol–water partition coefficient (Wildman–Crippen LogP) is 1.21. The van der Waals surface area contributed by atoms with Crippen molar-refractivity contribution in [2.45, 2.75) is 18.8 Å². The van der Waals surface area contributed by atoms with Gasteiger partial charge in [0.05, 0.1) is 5.84 Å². The van der Waals surface area contributed by atoms with Crippen LogP contribution in [0.1, 0.15) is 6.42 Å². The van der Waals surface area contributed by atoms with E-state index in [-0.39, 0.29) is 0 Å². The second-order valence-electron chi connectivity index (χ2n) is 1.74. The molecule has 0 radical (unpaired) electrons. The summed E-state index contributed by atoms with van der Waals surface area (Å²) in [6, 6.07) is 0. The number of nitrogens with one attached hydrogen (secondary N) is 1. The first kappa shape index (κ1) is 9.19. The molecule has 0 aliphatic carbocycles. The number of nitrogens with two attached hydrogens (primary N) is 1. The zero-order chi connectivity index (χ0) is 8.36. The lowest BCUT2D eigenvalue weighted by Gasteiger charge is -2.10. The van der Waals surface area contributed by atoms with Crippen LogP contribution in [0.25, 0.3) is 0 Å². The van der Waals surface area contributed by atoms with Gasteiger partial charge in [-0.3, -0.25) is 5.41 Å². The smallest absolute Gasteiger partial charge is 0.388 e. The van der Waals surface area contributed by atoms with Crippen molar-refractivity contribution < 1.29 is 17.6 Å². The van der Waals surface area contributed by atoms with E-state index in [1.54, 1.807) is 0 Å². The highest BCUT2D eigenvalue weighted by Gasteiger charge is 2.40. The Balaban J connectivity index is 3.85. The number of rotatable bonds is 2. The summed E-state index contributed by atoms with van der Waals surface area (Å²) in [5.74, 6) is -0.801. The molecule has 0 saturated carbocycles. The van der Waals surface area contributed by atoms with Crippen LogP contribution in [-0.4, -0.2) is 18.2 Å². The second kappa shape index (κ2) is 2.85. The van der Waals surface area contributed by atoms with E-state index in [0.717, 1.165) is 0 Å². The Morgan fingerprint density at radius 3 is 2.00 bits per heavy atom. The van der Waals surface area contributed by atoms with Crippen molar-refractivity contribution in [1.82, 2.24) is 0 Å². The molecular weight excluding hydrogens is 152 g/mol. The Hall–Kier alpha value is -0.810. The fourth-order valence-corrected chi connectivity index (χ4v) is 0.309. The van der Waals surface area contributed by atoms with Crippen LogP contribution >= 0.6 is 0 Å². The molecule has 0 spiro atoms. The van der Waals surface area contributed by atoms with Crippen molar-refractivity contribution in [2.24, 2.45) is 5.73 Å². The molecule has 0 aliphatic rings. The van der Waals surface area contributed by atoms with Crippen LogP contribution in [0.4, 0.5) is 17.6 Å². The third kappa shape index (κ3) is 3.26. The molecule has 0 rings (SSSR count). The third-order valence-electron chi connectivity index (χ3n) is 0.754. The molecule has 0 aromatic carbocycles. The van der Waals surface area contributed by atoms with Gasteiger partial charge in [0, 0.05) is 6.42 Å². The van der Waals surface area contributed by atoms with E-state index in [0.29, 0.717) is 0 Å². The summed E-state index contributed by atoms with van der Waals surface area (Å²) in [6.07, 6.45) is -8.99. The van der Waals surface area contributed by atoms with Crippen LogP contribution in [-0.2, 0) is 0 Å². The average Bonchev–Trinajstić information content (AvgIpc) is 1.60. The van der Waals surface area contributed by atoms with Crippen molar-refractivity contribution in [3.8, 4) is 0 Å². The maximum Gasteiger partial charge on any atom is 0.420 e. The van der Waals surface area contributed by atoms with Crippen LogP contribution in [0, 0.1) is 5.41 Å². The standard InChI is InChI=1S/C4H6F4N2/c5-2(1-3(9)10)4(6,7)8/h2H,1H2,(H3,9,10). The van der Waals surface area contributed by atoms with Crippen LogP contribution in [0.3, 0.4) is 0 Å². The van der Waals surface area contributed by atoms with Crippen molar-refractivity contribution in [2.75, 3.05) is 0 Å². The summed E-state index contributed by atoms with van der Waals surface area (Å²) in [4.78, 5) is 0. The molecule has 1 atom stereocenters. The maximum atomic E-state index is 11.8. The average molecular weight is 158 g/mol. The van der Waals surface area contributed by atoms with Crippen LogP contribution in [0.15, 0.2) is 0 Å². The quantitative estimate of drug-likeness (QED) is 0.354. The summed E-state index contributed by atoms with van der Waals surface area (Å²) >= 11 is 0. The first-order valence-corrected chi connectivity index (χ1v) is 2.37. The fraction of sp³-hybridized carbons (Fsp3) is 0.750. The van der Waals surface area contributed by atoms with Gasteiger partial charge in [-0.25, -0.2) is 4.39 Å². The van der Waals surface area contributed by atoms with E-state index in [4.69, 9.17) is 5.41 Å². The molecular formula is C4H6F4N2. The first-order valence-electron chi connectivity index (χ1n) is 2.37. The van der Waals surface area contributed by atoms with Crippen molar-refractivity contribution in [3.05, 3.63) is 0 Å². The Morgan fingerprint density at radius 2 is 1.90 bits per heavy atom. The molecule has 2 nitrogen and oxygen atoms in total. The monoisotopic (exact) mass is 158 g/mol. The number of amidine groups is 1. The highest BCUT2D eigenvalue weighted by molar-refractivity contribution is 5.77. The van der Waals surface area contributed by atoms with Crippen LogP contribution in [0.5, 0.6) is 0 Å². The number of halogens is 4. The highest BCUT2D eigenvalue weighted by Crippen LogP contribution is 2.24. The molecule has 10 heavy (non-hydrogen) atoms. The SMILES string of the molecule is N=C(N)CC(F)C(F)(F)F. The summed E-state index contributed by atoms with van der Waals surface area (Å²) in [7, 11) is 0. The second-order valence-corrected chi connectivity index (χ2v) is 1.74. The van der Waals surface area contributed by atoms with Gasteiger partial charge < -0.3 is 5.73 Å². The summed E-state index contributed by atoms with van der Waals surface area (Å²) < 4.78 is 45.7. The van der Waals surface area contributed by atoms with Gasteiger partial charge >= 0.3 is 6.18 Å². The summed E-state index contributed by atoms with van der Waals surface area (Å²) in [6.45, 7) is 0. The molecule has 0 aromatic rings. The molecule has 3 N–H and O–H groups in total. The minimum Gasteiger partial charge on any atom is -0.388 e. The molecule has 0 aromatic heterocycles. The number of alkyl halides is 4. The molecule has 60 valence electrons. The first-order chi connectivity index (χ1) is 4.34. The van der Waals surface area contributed by atoms with Gasteiger partial charge in [0.15, 0.2) is 0 Å².